The van der Waals surface area contributed by atoms with Gasteiger partial charge in [0, 0.05) is 5.69 Å². The smallest absolute Gasteiger partial charge is 0.339 e. The normalized spacial score (nSPS) is 19.4. The zero-order valence-corrected chi connectivity index (χ0v) is 14.5. The van der Waals surface area contributed by atoms with E-state index in [1.807, 2.05) is 48.5 Å². The topological polar surface area (TPSA) is 76.1 Å². The predicted octanol–water partition coefficient (Wildman–Crippen LogP) is 2.77. The van der Waals surface area contributed by atoms with Gasteiger partial charge in [0.05, 0.1) is 20.3 Å². The second-order valence-electron chi connectivity index (χ2n) is 5.77. The molecule has 2 aromatic rings. The zero-order chi connectivity index (χ0) is 18.7. The van der Waals surface area contributed by atoms with Crippen LogP contribution in [-0.4, -0.2) is 37.3 Å². The molecule has 6 heteroatoms. The Balaban J connectivity index is 2.23. The minimum Gasteiger partial charge on any atom is -0.509 e. The first-order valence-corrected chi connectivity index (χ1v) is 8.07. The highest BCUT2D eigenvalue weighted by atomic mass is 16.5. The lowest BCUT2D eigenvalue weighted by atomic mass is 9.99. The summed E-state index contributed by atoms with van der Waals surface area (Å²) in [4.78, 5) is 26.5. The van der Waals surface area contributed by atoms with Crippen molar-refractivity contribution in [1.82, 2.24) is 0 Å². The van der Waals surface area contributed by atoms with Gasteiger partial charge in [-0.3, -0.25) is 0 Å². The van der Waals surface area contributed by atoms with E-state index in [0.717, 1.165) is 5.56 Å². The van der Waals surface area contributed by atoms with Crippen LogP contribution in [0, 0.1) is 0 Å². The molecule has 26 heavy (non-hydrogen) atoms. The molecule has 0 spiro atoms. The van der Waals surface area contributed by atoms with Gasteiger partial charge in [-0.2, -0.15) is 0 Å². The number of benzene rings is 2. The van der Waals surface area contributed by atoms with E-state index in [-0.39, 0.29) is 11.3 Å². The minimum absolute atomic E-state index is 0.0259. The van der Waals surface area contributed by atoms with Crippen LogP contribution in [-0.2, 0) is 19.1 Å². The van der Waals surface area contributed by atoms with Crippen molar-refractivity contribution in [3.05, 3.63) is 77.6 Å². The van der Waals surface area contributed by atoms with E-state index in [0.29, 0.717) is 5.69 Å². The largest absolute Gasteiger partial charge is 0.509 e. The molecule has 0 fully saturated rings. The SMILES string of the molecule is COC(=O)C1=C(O)C(C(=O)OC)N(c2ccccc2)C1c1ccccc1. The summed E-state index contributed by atoms with van der Waals surface area (Å²) in [5.74, 6) is -1.71. The van der Waals surface area contributed by atoms with Gasteiger partial charge in [-0.25, -0.2) is 9.59 Å². The molecule has 0 bridgehead atoms. The highest BCUT2D eigenvalue weighted by Crippen LogP contribution is 2.43. The third-order valence-electron chi connectivity index (χ3n) is 4.36. The molecule has 2 atom stereocenters. The van der Waals surface area contributed by atoms with Crippen LogP contribution in [0.2, 0.25) is 0 Å². The molecule has 0 saturated carbocycles. The van der Waals surface area contributed by atoms with Gasteiger partial charge in [-0.1, -0.05) is 48.5 Å². The van der Waals surface area contributed by atoms with Gasteiger partial charge in [0.25, 0.3) is 0 Å². The Kier molecular flexibility index (Phi) is 4.93. The standard InChI is InChI=1S/C20H19NO5/c1-25-19(23)15-16(13-9-5-3-6-10-13)21(14-11-7-4-8-12-14)17(18(15)22)20(24)26-2/h3-12,16-17,22H,1-2H3. The average molecular weight is 353 g/mol. The summed E-state index contributed by atoms with van der Waals surface area (Å²) in [6, 6.07) is 16.4. The summed E-state index contributed by atoms with van der Waals surface area (Å²) in [5, 5.41) is 10.8. The Bertz CT molecular complexity index is 832. The molecular weight excluding hydrogens is 334 g/mol. The number of esters is 2. The fourth-order valence-corrected chi connectivity index (χ4v) is 3.23. The summed E-state index contributed by atoms with van der Waals surface area (Å²) < 4.78 is 9.74. The van der Waals surface area contributed by atoms with E-state index >= 15 is 0 Å². The van der Waals surface area contributed by atoms with E-state index in [9.17, 15) is 14.7 Å². The minimum atomic E-state index is -1.14. The third kappa shape index (κ3) is 2.90. The van der Waals surface area contributed by atoms with E-state index in [1.54, 1.807) is 17.0 Å². The van der Waals surface area contributed by atoms with Crippen LogP contribution in [0.25, 0.3) is 0 Å². The van der Waals surface area contributed by atoms with Gasteiger partial charge >= 0.3 is 11.9 Å². The highest BCUT2D eigenvalue weighted by molar-refractivity contribution is 5.98. The van der Waals surface area contributed by atoms with Crippen molar-refractivity contribution in [2.45, 2.75) is 12.1 Å². The monoisotopic (exact) mass is 353 g/mol. The molecule has 0 amide bonds. The average Bonchev–Trinajstić information content (AvgIpc) is 3.01. The molecule has 1 N–H and O–H groups in total. The second kappa shape index (κ2) is 7.31. The molecule has 1 heterocycles. The fourth-order valence-electron chi connectivity index (χ4n) is 3.23. The van der Waals surface area contributed by atoms with Crippen LogP contribution in [0.5, 0.6) is 0 Å². The summed E-state index contributed by atoms with van der Waals surface area (Å²) in [7, 11) is 2.48. The third-order valence-corrected chi connectivity index (χ3v) is 4.36. The number of aliphatic hydroxyl groups excluding tert-OH is 1. The Hall–Kier alpha value is -3.28. The molecule has 0 aliphatic carbocycles. The molecule has 134 valence electrons. The number of para-hydroxylation sites is 1. The van der Waals surface area contributed by atoms with Crippen molar-refractivity contribution in [2.24, 2.45) is 0 Å². The number of carbonyl (C=O) groups is 2. The molecule has 1 aliphatic heterocycles. The van der Waals surface area contributed by atoms with E-state index in [1.165, 1.54) is 14.2 Å². The first-order chi connectivity index (χ1) is 12.6. The quantitative estimate of drug-likeness (QED) is 0.852. The van der Waals surface area contributed by atoms with Crippen LogP contribution in [0.1, 0.15) is 11.6 Å². The van der Waals surface area contributed by atoms with Gasteiger partial charge in [-0.15, -0.1) is 0 Å². The molecule has 3 rings (SSSR count). The lowest BCUT2D eigenvalue weighted by Crippen LogP contribution is -2.41. The maximum Gasteiger partial charge on any atom is 0.339 e. The Labute approximate surface area is 151 Å². The van der Waals surface area contributed by atoms with Crippen molar-refractivity contribution in [3.8, 4) is 0 Å². The Morgan fingerprint density at radius 1 is 0.923 bits per heavy atom. The van der Waals surface area contributed by atoms with Crippen LogP contribution in [0.4, 0.5) is 5.69 Å². The van der Waals surface area contributed by atoms with Crippen molar-refractivity contribution in [1.29, 1.82) is 0 Å². The Morgan fingerprint density at radius 2 is 1.50 bits per heavy atom. The summed E-state index contributed by atoms with van der Waals surface area (Å²) in [6.07, 6.45) is 0. The van der Waals surface area contributed by atoms with E-state index in [2.05, 4.69) is 0 Å². The summed E-state index contributed by atoms with van der Waals surface area (Å²) in [5.41, 5.74) is 1.44. The predicted molar refractivity (Wildman–Crippen MR) is 95.6 cm³/mol. The van der Waals surface area contributed by atoms with E-state index < -0.39 is 24.0 Å². The Morgan fingerprint density at radius 3 is 2.04 bits per heavy atom. The van der Waals surface area contributed by atoms with Crippen LogP contribution in [0.3, 0.4) is 0 Å². The number of hydrogen-bond acceptors (Lipinski definition) is 6. The van der Waals surface area contributed by atoms with Crippen LogP contribution >= 0.6 is 0 Å². The number of ether oxygens (including phenoxy) is 2. The maximum atomic E-state index is 12.4. The number of rotatable bonds is 4. The van der Waals surface area contributed by atoms with Gasteiger partial charge in [0.2, 0.25) is 0 Å². The molecule has 2 unspecified atom stereocenters. The number of methoxy groups -OCH3 is 2. The van der Waals surface area contributed by atoms with Crippen LogP contribution < -0.4 is 4.90 Å². The fraction of sp³-hybridized carbons (Fsp3) is 0.200. The van der Waals surface area contributed by atoms with Gasteiger partial charge in [0.15, 0.2) is 6.04 Å². The van der Waals surface area contributed by atoms with Crippen molar-refractivity contribution in [2.75, 3.05) is 19.1 Å². The first kappa shape index (κ1) is 17.5. The molecule has 0 radical (unpaired) electrons. The lowest BCUT2D eigenvalue weighted by Gasteiger charge is -2.32. The van der Waals surface area contributed by atoms with Gasteiger partial charge in [-0.05, 0) is 17.7 Å². The molecule has 2 aromatic carbocycles. The molecular formula is C20H19NO5. The number of hydrogen-bond donors (Lipinski definition) is 1. The molecule has 0 saturated heterocycles. The summed E-state index contributed by atoms with van der Waals surface area (Å²) in [6.45, 7) is 0. The zero-order valence-electron chi connectivity index (χ0n) is 14.5. The number of nitrogens with zero attached hydrogens (tertiary/aromatic N) is 1. The molecule has 1 aliphatic rings. The first-order valence-electron chi connectivity index (χ1n) is 8.07. The number of aliphatic hydroxyl groups is 1. The van der Waals surface area contributed by atoms with E-state index in [4.69, 9.17) is 9.47 Å². The molecule has 0 aromatic heterocycles. The highest BCUT2D eigenvalue weighted by Gasteiger charge is 2.49. The summed E-state index contributed by atoms with van der Waals surface area (Å²) >= 11 is 0. The van der Waals surface area contributed by atoms with Crippen LogP contribution in [0.15, 0.2) is 72.0 Å². The van der Waals surface area contributed by atoms with Gasteiger partial charge in [0.1, 0.15) is 11.3 Å². The second-order valence-corrected chi connectivity index (χ2v) is 5.77. The maximum absolute atomic E-state index is 12.4. The lowest BCUT2D eigenvalue weighted by molar-refractivity contribution is -0.141. The number of carbonyl (C=O) groups excluding carboxylic acids is 2. The van der Waals surface area contributed by atoms with Gasteiger partial charge < -0.3 is 19.5 Å². The molecule has 6 nitrogen and oxygen atoms in total. The van der Waals surface area contributed by atoms with Crippen molar-refractivity contribution < 1.29 is 24.2 Å². The number of anilines is 1. The van der Waals surface area contributed by atoms with Crippen molar-refractivity contribution in [3.63, 3.8) is 0 Å². The van der Waals surface area contributed by atoms with Crippen molar-refractivity contribution >= 4 is 17.6 Å².